The zero-order valence-electron chi connectivity index (χ0n) is 14.5. The minimum atomic E-state index is -0.563. The first-order chi connectivity index (χ1) is 13.0. The maximum atomic E-state index is 12.3. The number of aromatic nitrogens is 2. The van der Waals surface area contributed by atoms with Gasteiger partial charge in [0.05, 0.1) is 16.5 Å². The number of carbonyl (C=O) groups excluding carboxylic acids is 1. The van der Waals surface area contributed by atoms with E-state index in [0.29, 0.717) is 22.2 Å². The standard InChI is InChI=1S/C20H16N4O3/c1-12-2-7-17-16(8-12)20(26)24-19(23-17)14(10-21)9-13-3-5-15(6-4-13)27-11-18(22)25/h2-9H,11H2,1H3,(H2,22,25)(H,23,24,26). The SMILES string of the molecule is Cc1ccc2nc(C(C#N)=Cc3ccc(OCC(N)=O)cc3)[nH]c(=O)c2c1. The molecule has 0 fully saturated rings. The number of nitrogens with zero attached hydrogens (tertiary/aromatic N) is 2. The van der Waals surface area contributed by atoms with Crippen molar-refractivity contribution < 1.29 is 9.53 Å². The van der Waals surface area contributed by atoms with Crippen molar-refractivity contribution >= 4 is 28.5 Å². The number of nitrogens with one attached hydrogen (secondary N) is 1. The first-order valence-electron chi connectivity index (χ1n) is 8.10. The minimum Gasteiger partial charge on any atom is -0.484 e. The number of fused-ring (bicyclic) bond motifs is 1. The third kappa shape index (κ3) is 4.19. The lowest BCUT2D eigenvalue weighted by Gasteiger charge is -2.05. The molecule has 3 N–H and O–H groups in total. The monoisotopic (exact) mass is 360 g/mol. The largest absolute Gasteiger partial charge is 0.484 e. The van der Waals surface area contributed by atoms with Crippen LogP contribution in [-0.2, 0) is 4.79 Å². The number of nitrogens with two attached hydrogens (primary N) is 1. The summed E-state index contributed by atoms with van der Waals surface area (Å²) in [5, 5.41) is 9.97. The number of benzene rings is 2. The Morgan fingerprint density at radius 3 is 2.70 bits per heavy atom. The number of hydrogen-bond acceptors (Lipinski definition) is 5. The average molecular weight is 360 g/mol. The van der Waals surface area contributed by atoms with Gasteiger partial charge in [0.15, 0.2) is 12.4 Å². The van der Waals surface area contributed by atoms with Crippen LogP contribution in [-0.4, -0.2) is 22.5 Å². The molecule has 3 rings (SSSR count). The quantitative estimate of drug-likeness (QED) is 0.675. The second-order valence-corrected chi connectivity index (χ2v) is 5.93. The summed E-state index contributed by atoms with van der Waals surface area (Å²) in [6.45, 7) is 1.69. The van der Waals surface area contributed by atoms with Gasteiger partial charge in [0.2, 0.25) is 0 Å². The van der Waals surface area contributed by atoms with Gasteiger partial charge >= 0.3 is 0 Å². The van der Waals surface area contributed by atoms with Crippen LogP contribution in [0.25, 0.3) is 22.6 Å². The number of allylic oxidation sites excluding steroid dienone is 1. The Kier molecular flexibility index (Phi) is 4.99. The van der Waals surface area contributed by atoms with Crippen LogP contribution in [0.1, 0.15) is 17.0 Å². The van der Waals surface area contributed by atoms with Gasteiger partial charge in [-0.1, -0.05) is 23.8 Å². The highest BCUT2D eigenvalue weighted by atomic mass is 16.5. The summed E-state index contributed by atoms with van der Waals surface area (Å²) in [4.78, 5) is 30.1. The van der Waals surface area contributed by atoms with Crippen molar-refractivity contribution in [1.82, 2.24) is 9.97 Å². The van der Waals surface area contributed by atoms with Crippen LogP contribution in [0.5, 0.6) is 5.75 Å². The number of nitriles is 1. The smallest absolute Gasteiger partial charge is 0.259 e. The Bertz CT molecular complexity index is 1140. The molecule has 0 saturated heterocycles. The number of ether oxygens (including phenoxy) is 1. The van der Waals surface area contributed by atoms with Crippen molar-refractivity contribution in [3.63, 3.8) is 0 Å². The van der Waals surface area contributed by atoms with Gasteiger partial charge in [-0.3, -0.25) is 9.59 Å². The number of H-pyrrole nitrogens is 1. The van der Waals surface area contributed by atoms with E-state index in [1.165, 1.54) is 0 Å². The van der Waals surface area contributed by atoms with Crippen molar-refractivity contribution in [1.29, 1.82) is 5.26 Å². The molecule has 0 aliphatic rings. The van der Waals surface area contributed by atoms with E-state index in [-0.39, 0.29) is 23.6 Å². The van der Waals surface area contributed by atoms with Crippen LogP contribution < -0.4 is 16.0 Å². The average Bonchev–Trinajstić information content (AvgIpc) is 2.65. The number of carbonyl (C=O) groups is 1. The van der Waals surface area contributed by atoms with E-state index in [2.05, 4.69) is 16.0 Å². The fourth-order valence-electron chi connectivity index (χ4n) is 2.52. The first-order valence-corrected chi connectivity index (χ1v) is 8.10. The lowest BCUT2D eigenvalue weighted by molar-refractivity contribution is -0.119. The molecule has 1 aromatic heterocycles. The van der Waals surface area contributed by atoms with Crippen molar-refractivity contribution in [2.45, 2.75) is 6.92 Å². The van der Waals surface area contributed by atoms with Crippen molar-refractivity contribution in [2.75, 3.05) is 6.61 Å². The predicted molar refractivity (Wildman–Crippen MR) is 102 cm³/mol. The topological polar surface area (TPSA) is 122 Å². The second-order valence-electron chi connectivity index (χ2n) is 5.93. The van der Waals surface area contributed by atoms with Gasteiger partial charge in [0.25, 0.3) is 11.5 Å². The number of aromatic amines is 1. The third-order valence-electron chi connectivity index (χ3n) is 3.81. The number of primary amides is 1. The van der Waals surface area contributed by atoms with Crippen LogP contribution in [0.2, 0.25) is 0 Å². The zero-order chi connectivity index (χ0) is 19.4. The molecule has 27 heavy (non-hydrogen) atoms. The predicted octanol–water partition coefficient (Wildman–Crippen LogP) is 2.16. The van der Waals surface area contributed by atoms with Crippen molar-refractivity contribution in [3.8, 4) is 11.8 Å². The van der Waals surface area contributed by atoms with Gasteiger partial charge in [-0.2, -0.15) is 5.26 Å². The van der Waals surface area contributed by atoms with E-state index >= 15 is 0 Å². The van der Waals surface area contributed by atoms with Gasteiger partial charge in [0.1, 0.15) is 11.8 Å². The summed E-state index contributed by atoms with van der Waals surface area (Å²) in [6.07, 6.45) is 1.61. The fraction of sp³-hybridized carbons (Fsp3) is 0.100. The van der Waals surface area contributed by atoms with Crippen LogP contribution in [0, 0.1) is 18.3 Å². The molecule has 7 nitrogen and oxygen atoms in total. The molecule has 0 saturated carbocycles. The molecule has 1 amide bonds. The molecular weight excluding hydrogens is 344 g/mol. The van der Waals surface area contributed by atoms with E-state index in [4.69, 9.17) is 10.5 Å². The number of aryl methyl sites for hydroxylation is 1. The normalized spacial score (nSPS) is 11.2. The highest BCUT2D eigenvalue weighted by molar-refractivity contribution is 5.89. The molecule has 1 heterocycles. The zero-order valence-corrected chi connectivity index (χ0v) is 14.5. The summed E-state index contributed by atoms with van der Waals surface area (Å²) < 4.78 is 5.19. The van der Waals surface area contributed by atoms with E-state index in [9.17, 15) is 14.9 Å². The molecule has 134 valence electrons. The van der Waals surface area contributed by atoms with Crippen LogP contribution in [0.3, 0.4) is 0 Å². The third-order valence-corrected chi connectivity index (χ3v) is 3.81. The molecular formula is C20H16N4O3. The Balaban J connectivity index is 1.94. The van der Waals surface area contributed by atoms with Gasteiger partial charge in [-0.25, -0.2) is 4.98 Å². The molecule has 3 aromatic rings. The van der Waals surface area contributed by atoms with Gasteiger partial charge in [0, 0.05) is 0 Å². The summed E-state index contributed by atoms with van der Waals surface area (Å²) in [6, 6.07) is 14.2. The molecule has 0 aliphatic carbocycles. The molecule has 0 bridgehead atoms. The highest BCUT2D eigenvalue weighted by Crippen LogP contribution is 2.19. The van der Waals surface area contributed by atoms with E-state index < -0.39 is 5.91 Å². The van der Waals surface area contributed by atoms with Crippen LogP contribution in [0.15, 0.2) is 47.3 Å². The van der Waals surface area contributed by atoms with E-state index in [1.807, 2.05) is 13.0 Å². The maximum Gasteiger partial charge on any atom is 0.259 e. The number of amides is 1. The van der Waals surface area contributed by atoms with Crippen LogP contribution in [0.4, 0.5) is 0 Å². The minimum absolute atomic E-state index is 0.202. The van der Waals surface area contributed by atoms with Crippen molar-refractivity contribution in [3.05, 3.63) is 69.8 Å². The molecule has 0 radical (unpaired) electrons. The van der Waals surface area contributed by atoms with Gasteiger partial charge < -0.3 is 15.5 Å². The lowest BCUT2D eigenvalue weighted by Crippen LogP contribution is -2.19. The summed E-state index contributed by atoms with van der Waals surface area (Å²) in [7, 11) is 0. The molecule has 0 aliphatic heterocycles. The number of hydrogen-bond donors (Lipinski definition) is 2. The Morgan fingerprint density at radius 2 is 2.04 bits per heavy atom. The summed E-state index contributed by atoms with van der Waals surface area (Å²) in [5.41, 5.74) is 7.15. The highest BCUT2D eigenvalue weighted by Gasteiger charge is 2.09. The van der Waals surface area contributed by atoms with Crippen LogP contribution >= 0.6 is 0 Å². The molecule has 0 atom stereocenters. The van der Waals surface area contributed by atoms with E-state index in [0.717, 1.165) is 5.56 Å². The molecule has 7 heteroatoms. The Hall–Kier alpha value is -3.92. The fourth-order valence-corrected chi connectivity index (χ4v) is 2.52. The summed E-state index contributed by atoms with van der Waals surface area (Å²) >= 11 is 0. The molecule has 0 unspecified atom stereocenters. The number of rotatable bonds is 5. The second kappa shape index (κ2) is 7.54. The molecule has 0 spiro atoms. The lowest BCUT2D eigenvalue weighted by atomic mass is 10.1. The molecule has 2 aromatic carbocycles. The maximum absolute atomic E-state index is 12.3. The Labute approximate surface area is 154 Å². The summed E-state index contributed by atoms with van der Waals surface area (Å²) in [5.74, 6) is 0.122. The first kappa shape index (κ1) is 17.9. The van der Waals surface area contributed by atoms with Gasteiger partial charge in [-0.05, 0) is 42.8 Å². The van der Waals surface area contributed by atoms with Gasteiger partial charge in [-0.15, -0.1) is 0 Å². The van der Waals surface area contributed by atoms with Crippen molar-refractivity contribution in [2.24, 2.45) is 5.73 Å². The Morgan fingerprint density at radius 1 is 1.30 bits per heavy atom. The van der Waals surface area contributed by atoms with E-state index in [1.54, 1.807) is 42.5 Å².